The molecule has 36 heavy (non-hydrogen) atoms. The van der Waals surface area contributed by atoms with Gasteiger partial charge < -0.3 is 9.47 Å². The number of rotatable bonds is 9. The van der Waals surface area contributed by atoms with Gasteiger partial charge in [0, 0.05) is 25.2 Å². The quantitative estimate of drug-likeness (QED) is 0.336. The summed E-state index contributed by atoms with van der Waals surface area (Å²) in [4.78, 5) is 22.8. The number of hydrogen-bond acceptors (Lipinski definition) is 3. The highest BCUT2D eigenvalue weighted by Crippen LogP contribution is 2.23. The SMILES string of the molecule is CCCn1c(CN(CC(C)C)C(=O)c2cccc(F)c2)nc2cc(CN3CCCCCCC3)ccc21. The van der Waals surface area contributed by atoms with Gasteiger partial charge in [-0.05, 0) is 74.2 Å². The molecule has 0 saturated carbocycles. The van der Waals surface area contributed by atoms with Crippen LogP contribution in [-0.2, 0) is 19.6 Å². The van der Waals surface area contributed by atoms with E-state index in [1.54, 1.807) is 12.1 Å². The van der Waals surface area contributed by atoms with Crippen LogP contribution in [0.4, 0.5) is 4.39 Å². The Morgan fingerprint density at radius 2 is 1.81 bits per heavy atom. The fraction of sp³-hybridized carbons (Fsp3) is 0.533. The molecule has 0 bridgehead atoms. The van der Waals surface area contributed by atoms with Crippen LogP contribution in [0.5, 0.6) is 0 Å². The fourth-order valence-corrected chi connectivity index (χ4v) is 5.28. The molecule has 1 aliphatic rings. The van der Waals surface area contributed by atoms with Crippen LogP contribution >= 0.6 is 0 Å². The number of carbonyl (C=O) groups is 1. The summed E-state index contributed by atoms with van der Waals surface area (Å²) < 4.78 is 16.1. The Labute approximate surface area is 215 Å². The third-order valence-corrected chi connectivity index (χ3v) is 6.97. The molecule has 6 heteroatoms. The minimum absolute atomic E-state index is 0.156. The van der Waals surface area contributed by atoms with Gasteiger partial charge in [0.15, 0.2) is 0 Å². The average Bonchev–Trinajstić information content (AvgIpc) is 3.16. The van der Waals surface area contributed by atoms with Gasteiger partial charge in [-0.3, -0.25) is 9.69 Å². The van der Waals surface area contributed by atoms with Gasteiger partial charge in [-0.15, -0.1) is 0 Å². The van der Waals surface area contributed by atoms with Gasteiger partial charge in [0.1, 0.15) is 11.6 Å². The monoisotopic (exact) mass is 492 g/mol. The maximum atomic E-state index is 13.8. The van der Waals surface area contributed by atoms with Gasteiger partial charge in [0.2, 0.25) is 0 Å². The third-order valence-electron chi connectivity index (χ3n) is 6.97. The maximum absolute atomic E-state index is 13.8. The molecule has 0 aliphatic carbocycles. The molecule has 0 unspecified atom stereocenters. The van der Waals surface area contributed by atoms with Gasteiger partial charge in [0.25, 0.3) is 5.91 Å². The van der Waals surface area contributed by atoms with Gasteiger partial charge in [-0.1, -0.05) is 52.2 Å². The van der Waals surface area contributed by atoms with E-state index >= 15 is 0 Å². The van der Waals surface area contributed by atoms with Crippen LogP contribution in [0.3, 0.4) is 0 Å². The number of aromatic nitrogens is 2. The van der Waals surface area contributed by atoms with Crippen molar-refractivity contribution in [1.82, 2.24) is 19.4 Å². The van der Waals surface area contributed by atoms with Crippen molar-refractivity contribution in [3.63, 3.8) is 0 Å². The number of benzene rings is 2. The van der Waals surface area contributed by atoms with E-state index in [2.05, 4.69) is 48.4 Å². The maximum Gasteiger partial charge on any atom is 0.254 e. The van der Waals surface area contributed by atoms with Crippen molar-refractivity contribution >= 4 is 16.9 Å². The van der Waals surface area contributed by atoms with E-state index < -0.39 is 5.82 Å². The Balaban J connectivity index is 1.60. The van der Waals surface area contributed by atoms with Crippen molar-refractivity contribution < 1.29 is 9.18 Å². The molecule has 5 nitrogen and oxygen atoms in total. The summed E-state index contributed by atoms with van der Waals surface area (Å²) in [6.07, 6.45) is 7.58. The molecule has 0 N–H and O–H groups in total. The first kappa shape index (κ1) is 26.3. The molecular weight excluding hydrogens is 451 g/mol. The van der Waals surface area contributed by atoms with Crippen molar-refractivity contribution in [2.75, 3.05) is 19.6 Å². The van der Waals surface area contributed by atoms with Crippen LogP contribution in [0.2, 0.25) is 0 Å². The smallest absolute Gasteiger partial charge is 0.254 e. The second kappa shape index (κ2) is 12.5. The first-order valence-corrected chi connectivity index (χ1v) is 13.7. The molecule has 1 fully saturated rings. The number of aryl methyl sites for hydroxylation is 1. The van der Waals surface area contributed by atoms with E-state index in [1.807, 2.05) is 4.90 Å². The third kappa shape index (κ3) is 6.73. The minimum Gasteiger partial charge on any atom is -0.331 e. The highest BCUT2D eigenvalue weighted by Gasteiger charge is 2.21. The number of amides is 1. The highest BCUT2D eigenvalue weighted by atomic mass is 19.1. The molecule has 0 radical (unpaired) electrons. The summed E-state index contributed by atoms with van der Waals surface area (Å²) in [6, 6.07) is 12.6. The number of nitrogens with zero attached hydrogens (tertiary/aromatic N) is 4. The Kier molecular flexibility index (Phi) is 9.13. The van der Waals surface area contributed by atoms with Crippen LogP contribution in [-0.4, -0.2) is 44.9 Å². The van der Waals surface area contributed by atoms with E-state index in [0.717, 1.165) is 36.4 Å². The van der Waals surface area contributed by atoms with Crippen LogP contribution in [0.1, 0.15) is 81.0 Å². The van der Waals surface area contributed by atoms with Crippen LogP contribution in [0.25, 0.3) is 11.0 Å². The van der Waals surface area contributed by atoms with Crippen molar-refractivity contribution in [2.45, 2.75) is 78.9 Å². The zero-order chi connectivity index (χ0) is 25.5. The van der Waals surface area contributed by atoms with Crippen LogP contribution in [0, 0.1) is 11.7 Å². The van der Waals surface area contributed by atoms with E-state index in [1.165, 1.54) is 62.9 Å². The molecular formula is C30H41FN4O. The summed E-state index contributed by atoms with van der Waals surface area (Å²) in [5, 5.41) is 0. The summed E-state index contributed by atoms with van der Waals surface area (Å²) >= 11 is 0. The first-order valence-electron chi connectivity index (χ1n) is 13.7. The molecule has 2 heterocycles. The zero-order valence-corrected chi connectivity index (χ0v) is 22.2. The van der Waals surface area contributed by atoms with Crippen LogP contribution < -0.4 is 0 Å². The number of likely N-dealkylation sites (tertiary alicyclic amines) is 1. The van der Waals surface area contributed by atoms with Gasteiger partial charge in [0.05, 0.1) is 17.6 Å². The summed E-state index contributed by atoms with van der Waals surface area (Å²) in [5.74, 6) is 0.629. The first-order chi connectivity index (χ1) is 17.4. The molecule has 3 aromatic rings. The predicted molar refractivity (Wildman–Crippen MR) is 144 cm³/mol. The fourth-order valence-electron chi connectivity index (χ4n) is 5.28. The van der Waals surface area contributed by atoms with Gasteiger partial charge in [-0.2, -0.15) is 0 Å². The largest absolute Gasteiger partial charge is 0.331 e. The Morgan fingerprint density at radius 3 is 2.50 bits per heavy atom. The summed E-state index contributed by atoms with van der Waals surface area (Å²) in [6.45, 7) is 11.5. The molecule has 4 rings (SSSR count). The molecule has 1 saturated heterocycles. The molecule has 1 aromatic heterocycles. The predicted octanol–water partition coefficient (Wildman–Crippen LogP) is 6.65. The molecule has 0 atom stereocenters. The normalized spacial score (nSPS) is 15.2. The minimum atomic E-state index is -0.392. The molecule has 1 amide bonds. The van der Waals surface area contributed by atoms with E-state index in [-0.39, 0.29) is 11.8 Å². The lowest BCUT2D eigenvalue weighted by atomic mass is 10.1. The molecule has 2 aromatic carbocycles. The lowest BCUT2D eigenvalue weighted by molar-refractivity contribution is 0.0715. The summed E-state index contributed by atoms with van der Waals surface area (Å²) in [7, 11) is 0. The zero-order valence-electron chi connectivity index (χ0n) is 22.2. The topological polar surface area (TPSA) is 41.4 Å². The Bertz CT molecular complexity index is 1150. The van der Waals surface area contributed by atoms with E-state index in [9.17, 15) is 9.18 Å². The van der Waals surface area contributed by atoms with Crippen molar-refractivity contribution in [2.24, 2.45) is 5.92 Å². The lowest BCUT2D eigenvalue weighted by Gasteiger charge is -2.25. The number of carbonyl (C=O) groups excluding carboxylic acids is 1. The van der Waals surface area contributed by atoms with Crippen molar-refractivity contribution in [1.29, 1.82) is 0 Å². The lowest BCUT2D eigenvalue weighted by Crippen LogP contribution is -2.34. The van der Waals surface area contributed by atoms with Crippen molar-refractivity contribution in [3.05, 3.63) is 65.2 Å². The van der Waals surface area contributed by atoms with E-state index in [0.29, 0.717) is 18.7 Å². The van der Waals surface area contributed by atoms with Crippen LogP contribution in [0.15, 0.2) is 42.5 Å². The van der Waals surface area contributed by atoms with Gasteiger partial charge in [-0.25, -0.2) is 9.37 Å². The number of imidazole rings is 1. The Morgan fingerprint density at radius 1 is 1.06 bits per heavy atom. The second-order valence-corrected chi connectivity index (χ2v) is 10.6. The molecule has 0 spiro atoms. The Hall–Kier alpha value is -2.73. The number of hydrogen-bond donors (Lipinski definition) is 0. The number of halogens is 1. The second-order valence-electron chi connectivity index (χ2n) is 10.6. The summed E-state index contributed by atoms with van der Waals surface area (Å²) in [5.41, 5.74) is 3.78. The molecule has 194 valence electrons. The number of fused-ring (bicyclic) bond motifs is 1. The van der Waals surface area contributed by atoms with Gasteiger partial charge >= 0.3 is 0 Å². The standard InChI is InChI=1S/C30H41FN4O/c1-4-15-35-28-14-13-24(21-33-16-8-6-5-7-9-17-33)18-27(28)32-29(35)22-34(20-23(2)3)30(36)25-11-10-12-26(31)19-25/h10-14,18-19,23H,4-9,15-17,20-22H2,1-3H3. The average molecular weight is 493 g/mol. The molecule has 1 aliphatic heterocycles. The van der Waals surface area contributed by atoms with Crippen molar-refractivity contribution in [3.8, 4) is 0 Å². The van der Waals surface area contributed by atoms with E-state index in [4.69, 9.17) is 4.98 Å². The highest BCUT2D eigenvalue weighted by molar-refractivity contribution is 5.94.